The maximum atomic E-state index is 11.6. The van der Waals surface area contributed by atoms with Gasteiger partial charge in [0.2, 0.25) is 0 Å². The molecule has 0 saturated heterocycles. The first kappa shape index (κ1) is 18.4. The second kappa shape index (κ2) is 8.51. The average molecular weight is 275 g/mol. The van der Waals surface area contributed by atoms with Crippen LogP contribution in [0.4, 0.5) is 0 Å². The van der Waals surface area contributed by atoms with Gasteiger partial charge in [0.05, 0.1) is 25.4 Å². The van der Waals surface area contributed by atoms with Crippen LogP contribution in [0.2, 0.25) is 0 Å². The third-order valence-corrected chi connectivity index (χ3v) is 2.50. The normalized spacial score (nSPS) is 15.4. The Bertz CT molecular complexity index is 261. The zero-order valence-corrected chi connectivity index (χ0v) is 13.0. The van der Waals surface area contributed by atoms with Crippen LogP contribution in [0.15, 0.2) is 0 Å². The standard InChI is InChI=1S/C14H29NO4/c1-10(2)7-12(13(17)18-6)15-8-11(16)9-19-14(3,4)5/h10-12,15-16H,7-9H2,1-6H3. The van der Waals surface area contributed by atoms with Crippen molar-refractivity contribution in [3.8, 4) is 0 Å². The lowest BCUT2D eigenvalue weighted by molar-refractivity contribution is -0.143. The van der Waals surface area contributed by atoms with Gasteiger partial charge >= 0.3 is 5.97 Å². The molecule has 2 atom stereocenters. The van der Waals surface area contributed by atoms with Gasteiger partial charge in [0.1, 0.15) is 6.04 Å². The lowest BCUT2D eigenvalue weighted by Gasteiger charge is -2.24. The summed E-state index contributed by atoms with van der Waals surface area (Å²) in [5.41, 5.74) is -0.277. The molecular weight excluding hydrogens is 246 g/mol. The number of carbonyl (C=O) groups excluding carboxylic acids is 1. The summed E-state index contributed by atoms with van der Waals surface area (Å²) in [5.74, 6) is 0.0807. The van der Waals surface area contributed by atoms with Crippen molar-refractivity contribution in [1.29, 1.82) is 0 Å². The van der Waals surface area contributed by atoms with Crippen LogP contribution in [0.5, 0.6) is 0 Å². The van der Waals surface area contributed by atoms with Gasteiger partial charge in [-0.05, 0) is 33.1 Å². The number of rotatable bonds is 8. The molecular formula is C14H29NO4. The van der Waals surface area contributed by atoms with E-state index in [-0.39, 0.29) is 24.2 Å². The number of esters is 1. The van der Waals surface area contributed by atoms with E-state index in [1.165, 1.54) is 7.11 Å². The summed E-state index contributed by atoms with van der Waals surface area (Å²) < 4.78 is 10.2. The monoisotopic (exact) mass is 275 g/mol. The van der Waals surface area contributed by atoms with Crippen molar-refractivity contribution >= 4 is 5.97 Å². The van der Waals surface area contributed by atoms with Crippen molar-refractivity contribution in [2.24, 2.45) is 5.92 Å². The van der Waals surface area contributed by atoms with Gasteiger partial charge in [-0.2, -0.15) is 0 Å². The average Bonchev–Trinajstić information content (AvgIpc) is 2.29. The largest absolute Gasteiger partial charge is 0.468 e. The number of aliphatic hydroxyl groups excluding tert-OH is 1. The fourth-order valence-electron chi connectivity index (χ4n) is 1.56. The Morgan fingerprint density at radius 2 is 1.89 bits per heavy atom. The van der Waals surface area contributed by atoms with Gasteiger partial charge in [-0.15, -0.1) is 0 Å². The summed E-state index contributed by atoms with van der Waals surface area (Å²) in [5, 5.41) is 12.8. The minimum atomic E-state index is -0.640. The van der Waals surface area contributed by atoms with Crippen LogP contribution in [0.25, 0.3) is 0 Å². The smallest absolute Gasteiger partial charge is 0.322 e. The molecule has 0 rings (SSSR count). The van der Waals surface area contributed by atoms with E-state index in [9.17, 15) is 9.90 Å². The predicted molar refractivity (Wildman–Crippen MR) is 75.0 cm³/mol. The van der Waals surface area contributed by atoms with Crippen molar-refractivity contribution in [2.45, 2.75) is 58.8 Å². The third-order valence-electron chi connectivity index (χ3n) is 2.50. The number of ether oxygens (including phenoxy) is 2. The molecule has 0 heterocycles. The van der Waals surface area contributed by atoms with Gasteiger partial charge in [-0.25, -0.2) is 0 Å². The molecule has 0 saturated carbocycles. The predicted octanol–water partition coefficient (Wildman–Crippen LogP) is 1.34. The molecule has 2 unspecified atom stereocenters. The maximum Gasteiger partial charge on any atom is 0.322 e. The van der Waals surface area contributed by atoms with E-state index in [0.717, 1.165) is 0 Å². The first-order valence-corrected chi connectivity index (χ1v) is 6.79. The topological polar surface area (TPSA) is 67.8 Å². The molecule has 0 aromatic carbocycles. The lowest BCUT2D eigenvalue weighted by Crippen LogP contribution is -2.44. The van der Waals surface area contributed by atoms with Crippen LogP contribution in [0.1, 0.15) is 41.0 Å². The second-order valence-electron chi connectivity index (χ2n) is 6.19. The maximum absolute atomic E-state index is 11.6. The molecule has 2 N–H and O–H groups in total. The number of nitrogens with one attached hydrogen (secondary N) is 1. The Morgan fingerprint density at radius 1 is 1.32 bits per heavy atom. The molecule has 0 aliphatic carbocycles. The molecule has 19 heavy (non-hydrogen) atoms. The van der Waals surface area contributed by atoms with Crippen molar-refractivity contribution in [3.05, 3.63) is 0 Å². The minimum absolute atomic E-state index is 0.242. The van der Waals surface area contributed by atoms with Crippen LogP contribution in [-0.2, 0) is 14.3 Å². The summed E-state index contributed by atoms with van der Waals surface area (Å²) in [6.45, 7) is 10.4. The summed E-state index contributed by atoms with van der Waals surface area (Å²) in [6, 6.07) is -0.380. The van der Waals surface area contributed by atoms with Gasteiger partial charge < -0.3 is 19.9 Å². The molecule has 0 radical (unpaired) electrons. The van der Waals surface area contributed by atoms with Gasteiger partial charge in [0.15, 0.2) is 0 Å². The highest BCUT2D eigenvalue weighted by Gasteiger charge is 2.21. The summed E-state index contributed by atoms with van der Waals surface area (Å²) in [6.07, 6.45) is 0.0398. The van der Waals surface area contributed by atoms with Crippen LogP contribution in [0.3, 0.4) is 0 Å². The molecule has 0 spiro atoms. The molecule has 5 nitrogen and oxygen atoms in total. The van der Waals surface area contributed by atoms with Crippen LogP contribution >= 0.6 is 0 Å². The fraction of sp³-hybridized carbons (Fsp3) is 0.929. The Labute approximate surface area is 116 Å². The highest BCUT2D eigenvalue weighted by atomic mass is 16.5. The van der Waals surface area contributed by atoms with Gasteiger partial charge in [0.25, 0.3) is 0 Å². The van der Waals surface area contributed by atoms with Crippen LogP contribution < -0.4 is 5.32 Å². The van der Waals surface area contributed by atoms with E-state index < -0.39 is 6.10 Å². The Kier molecular flexibility index (Phi) is 8.22. The molecule has 0 aromatic heterocycles. The molecule has 0 amide bonds. The zero-order chi connectivity index (χ0) is 15.1. The van der Waals surface area contributed by atoms with Crippen molar-refractivity contribution in [1.82, 2.24) is 5.32 Å². The van der Waals surface area contributed by atoms with E-state index in [1.807, 2.05) is 34.6 Å². The SMILES string of the molecule is COC(=O)C(CC(C)C)NCC(O)COC(C)(C)C. The quantitative estimate of drug-likeness (QED) is 0.654. The zero-order valence-electron chi connectivity index (χ0n) is 13.0. The molecule has 5 heteroatoms. The third kappa shape index (κ3) is 9.87. The Balaban J connectivity index is 4.12. The number of hydrogen-bond acceptors (Lipinski definition) is 5. The summed E-state index contributed by atoms with van der Waals surface area (Å²) in [4.78, 5) is 11.6. The van der Waals surface area contributed by atoms with Crippen LogP contribution in [0, 0.1) is 5.92 Å². The van der Waals surface area contributed by atoms with Crippen molar-refractivity contribution in [2.75, 3.05) is 20.3 Å². The number of carbonyl (C=O) groups is 1. The summed E-state index contributed by atoms with van der Waals surface area (Å²) in [7, 11) is 1.37. The van der Waals surface area contributed by atoms with E-state index in [0.29, 0.717) is 18.9 Å². The highest BCUT2D eigenvalue weighted by Crippen LogP contribution is 2.08. The molecule has 0 aromatic rings. The molecule has 0 fully saturated rings. The Morgan fingerprint density at radius 3 is 2.32 bits per heavy atom. The highest BCUT2D eigenvalue weighted by molar-refractivity contribution is 5.75. The minimum Gasteiger partial charge on any atom is -0.468 e. The molecule has 114 valence electrons. The van der Waals surface area contributed by atoms with Crippen molar-refractivity contribution in [3.63, 3.8) is 0 Å². The van der Waals surface area contributed by atoms with Crippen LogP contribution in [-0.4, -0.2) is 49.1 Å². The van der Waals surface area contributed by atoms with E-state index in [4.69, 9.17) is 9.47 Å². The Hall–Kier alpha value is -0.650. The van der Waals surface area contributed by atoms with E-state index in [2.05, 4.69) is 5.32 Å². The molecule has 0 aliphatic rings. The van der Waals surface area contributed by atoms with E-state index >= 15 is 0 Å². The van der Waals surface area contributed by atoms with Gasteiger partial charge in [-0.3, -0.25) is 4.79 Å². The number of aliphatic hydroxyl groups is 1. The number of methoxy groups -OCH3 is 1. The first-order valence-electron chi connectivity index (χ1n) is 6.79. The van der Waals surface area contributed by atoms with Crippen molar-refractivity contribution < 1.29 is 19.4 Å². The molecule has 0 aliphatic heterocycles. The molecule has 0 bridgehead atoms. The van der Waals surface area contributed by atoms with Gasteiger partial charge in [0, 0.05) is 6.54 Å². The van der Waals surface area contributed by atoms with Gasteiger partial charge in [-0.1, -0.05) is 13.8 Å². The second-order valence-corrected chi connectivity index (χ2v) is 6.19. The van der Waals surface area contributed by atoms with E-state index in [1.54, 1.807) is 0 Å². The first-order chi connectivity index (χ1) is 8.65. The fourth-order valence-corrected chi connectivity index (χ4v) is 1.56. The lowest BCUT2D eigenvalue weighted by atomic mass is 10.0. The summed E-state index contributed by atoms with van der Waals surface area (Å²) >= 11 is 0. The number of hydrogen-bond donors (Lipinski definition) is 2.